The fourth-order valence-electron chi connectivity index (χ4n) is 2.20. The number of allylic oxidation sites excluding steroid dienone is 2. The van der Waals surface area contributed by atoms with Crippen LogP contribution in [0, 0.1) is 5.41 Å². The molecule has 0 heterocycles. The Labute approximate surface area is 95.7 Å². The zero-order valence-corrected chi connectivity index (χ0v) is 11.3. The Kier molecular flexibility index (Phi) is 5.30. The van der Waals surface area contributed by atoms with Crippen LogP contribution in [0.1, 0.15) is 47.5 Å². The minimum Gasteiger partial charge on any atom is -0.314 e. The first-order valence-corrected chi connectivity index (χ1v) is 5.92. The van der Waals surface area contributed by atoms with E-state index < -0.39 is 0 Å². The highest BCUT2D eigenvalue weighted by molar-refractivity contribution is 5.27. The van der Waals surface area contributed by atoms with Crippen LogP contribution in [0.2, 0.25) is 0 Å². The summed E-state index contributed by atoms with van der Waals surface area (Å²) in [7, 11) is 2.04. The summed E-state index contributed by atoms with van der Waals surface area (Å²) < 4.78 is 0. The van der Waals surface area contributed by atoms with Crippen LogP contribution in [0.3, 0.4) is 0 Å². The first kappa shape index (κ1) is 14.4. The SMILES string of the molecule is C=C(/C=C\C)C(C)(CC)C(C)(CC)NC. The van der Waals surface area contributed by atoms with Gasteiger partial charge in [-0.25, -0.2) is 0 Å². The summed E-state index contributed by atoms with van der Waals surface area (Å²) in [6, 6.07) is 0. The normalized spacial score (nSPS) is 19.9. The molecule has 2 unspecified atom stereocenters. The van der Waals surface area contributed by atoms with Crippen molar-refractivity contribution in [3.63, 3.8) is 0 Å². The molecule has 1 nitrogen and oxygen atoms in total. The van der Waals surface area contributed by atoms with E-state index in [0.29, 0.717) is 0 Å². The molecule has 1 N–H and O–H groups in total. The molecular weight excluding hydrogens is 182 g/mol. The van der Waals surface area contributed by atoms with Gasteiger partial charge in [0, 0.05) is 11.0 Å². The van der Waals surface area contributed by atoms with Gasteiger partial charge in [-0.15, -0.1) is 0 Å². The summed E-state index contributed by atoms with van der Waals surface area (Å²) in [6.45, 7) is 15.3. The molecule has 1 heteroatoms. The van der Waals surface area contributed by atoms with Gasteiger partial charge in [0.2, 0.25) is 0 Å². The van der Waals surface area contributed by atoms with Gasteiger partial charge in [-0.3, -0.25) is 0 Å². The second-order valence-electron chi connectivity index (χ2n) is 4.65. The van der Waals surface area contributed by atoms with Gasteiger partial charge in [-0.2, -0.15) is 0 Å². The minimum atomic E-state index is 0.109. The predicted octanol–water partition coefficient (Wildman–Crippen LogP) is 3.92. The van der Waals surface area contributed by atoms with Crippen LogP contribution in [0.4, 0.5) is 0 Å². The molecule has 0 aliphatic rings. The summed E-state index contributed by atoms with van der Waals surface area (Å²) in [5.41, 5.74) is 1.44. The molecule has 0 saturated carbocycles. The molecule has 0 aliphatic heterocycles. The Bertz CT molecular complexity index is 236. The maximum Gasteiger partial charge on any atom is 0.0241 e. The van der Waals surface area contributed by atoms with Gasteiger partial charge in [0.1, 0.15) is 0 Å². The van der Waals surface area contributed by atoms with Crippen LogP contribution in [-0.2, 0) is 0 Å². The van der Waals surface area contributed by atoms with E-state index in [1.807, 2.05) is 14.0 Å². The Morgan fingerprint density at radius 2 is 1.80 bits per heavy atom. The molecule has 0 amide bonds. The van der Waals surface area contributed by atoms with Crippen molar-refractivity contribution in [2.75, 3.05) is 7.05 Å². The van der Waals surface area contributed by atoms with Crippen molar-refractivity contribution in [2.24, 2.45) is 5.41 Å². The lowest BCUT2D eigenvalue weighted by molar-refractivity contribution is 0.157. The van der Waals surface area contributed by atoms with Gasteiger partial charge in [-0.05, 0) is 39.3 Å². The molecule has 0 bridgehead atoms. The average Bonchev–Trinajstić information content (AvgIpc) is 2.26. The fourth-order valence-corrected chi connectivity index (χ4v) is 2.20. The quantitative estimate of drug-likeness (QED) is 0.654. The first-order chi connectivity index (χ1) is 6.91. The van der Waals surface area contributed by atoms with Gasteiger partial charge in [0.25, 0.3) is 0 Å². The molecule has 0 aliphatic carbocycles. The van der Waals surface area contributed by atoms with Crippen LogP contribution in [0.25, 0.3) is 0 Å². The minimum absolute atomic E-state index is 0.109. The van der Waals surface area contributed by atoms with Crippen molar-refractivity contribution >= 4 is 0 Å². The molecule has 0 fully saturated rings. The van der Waals surface area contributed by atoms with Crippen molar-refractivity contribution in [1.82, 2.24) is 5.32 Å². The second-order valence-corrected chi connectivity index (χ2v) is 4.65. The van der Waals surface area contributed by atoms with Crippen LogP contribution >= 0.6 is 0 Å². The number of hydrogen-bond acceptors (Lipinski definition) is 1. The molecule has 15 heavy (non-hydrogen) atoms. The van der Waals surface area contributed by atoms with Crippen LogP contribution in [0.5, 0.6) is 0 Å². The van der Waals surface area contributed by atoms with E-state index in [9.17, 15) is 0 Å². The van der Waals surface area contributed by atoms with Crippen LogP contribution < -0.4 is 5.32 Å². The van der Waals surface area contributed by atoms with Gasteiger partial charge in [-0.1, -0.05) is 39.5 Å². The van der Waals surface area contributed by atoms with E-state index in [1.165, 1.54) is 5.57 Å². The summed E-state index contributed by atoms with van der Waals surface area (Å²) in [5.74, 6) is 0. The van der Waals surface area contributed by atoms with Crippen LogP contribution in [-0.4, -0.2) is 12.6 Å². The Morgan fingerprint density at radius 1 is 1.27 bits per heavy atom. The molecule has 0 saturated heterocycles. The van der Waals surface area contributed by atoms with E-state index in [4.69, 9.17) is 0 Å². The van der Waals surface area contributed by atoms with E-state index in [-0.39, 0.29) is 11.0 Å². The second kappa shape index (κ2) is 5.50. The topological polar surface area (TPSA) is 12.0 Å². The van der Waals surface area contributed by atoms with E-state index in [2.05, 4.69) is 51.7 Å². The molecule has 0 aromatic rings. The van der Waals surface area contributed by atoms with Gasteiger partial charge < -0.3 is 5.32 Å². The zero-order valence-electron chi connectivity index (χ0n) is 11.3. The average molecular weight is 209 g/mol. The Morgan fingerprint density at radius 3 is 2.07 bits per heavy atom. The van der Waals surface area contributed by atoms with Crippen LogP contribution in [0.15, 0.2) is 24.3 Å². The van der Waals surface area contributed by atoms with Crippen molar-refractivity contribution in [2.45, 2.75) is 53.0 Å². The zero-order chi connectivity index (χ0) is 12.1. The molecule has 0 rings (SSSR count). The molecule has 88 valence electrons. The molecule has 2 atom stereocenters. The van der Waals surface area contributed by atoms with Crippen molar-refractivity contribution < 1.29 is 0 Å². The van der Waals surface area contributed by atoms with E-state index in [1.54, 1.807) is 0 Å². The number of rotatable bonds is 6. The molecule has 0 aromatic heterocycles. The van der Waals surface area contributed by atoms with E-state index in [0.717, 1.165) is 12.8 Å². The van der Waals surface area contributed by atoms with Gasteiger partial charge >= 0.3 is 0 Å². The summed E-state index contributed by atoms with van der Waals surface area (Å²) >= 11 is 0. The standard InChI is InChI=1S/C14H27N/c1-8-11-12(4)13(5,9-2)14(6,10-3)15-7/h8,11,15H,4,9-10H2,1-3,5-7H3/b11-8-. The smallest absolute Gasteiger partial charge is 0.0241 e. The first-order valence-electron chi connectivity index (χ1n) is 5.92. The summed E-state index contributed by atoms with van der Waals surface area (Å²) in [4.78, 5) is 0. The molecular formula is C14H27N. The molecule has 0 spiro atoms. The highest BCUT2D eigenvalue weighted by atomic mass is 15.0. The number of hydrogen-bond donors (Lipinski definition) is 1. The summed E-state index contributed by atoms with van der Waals surface area (Å²) in [6.07, 6.45) is 6.41. The fraction of sp³-hybridized carbons (Fsp3) is 0.714. The highest BCUT2D eigenvalue weighted by Crippen LogP contribution is 2.43. The number of nitrogens with one attached hydrogen (secondary N) is 1. The predicted molar refractivity (Wildman–Crippen MR) is 70.1 cm³/mol. The van der Waals surface area contributed by atoms with Crippen molar-refractivity contribution in [3.8, 4) is 0 Å². The maximum absolute atomic E-state index is 4.22. The third-order valence-electron chi connectivity index (χ3n) is 4.26. The molecule has 0 aromatic carbocycles. The Balaban J connectivity index is 5.23. The summed E-state index contributed by atoms with van der Waals surface area (Å²) in [5, 5.41) is 3.46. The van der Waals surface area contributed by atoms with E-state index >= 15 is 0 Å². The van der Waals surface area contributed by atoms with Gasteiger partial charge in [0.15, 0.2) is 0 Å². The lowest BCUT2D eigenvalue weighted by atomic mass is 9.64. The lowest BCUT2D eigenvalue weighted by Gasteiger charge is -2.47. The maximum atomic E-state index is 4.22. The molecule has 0 radical (unpaired) electrons. The van der Waals surface area contributed by atoms with Crippen molar-refractivity contribution in [3.05, 3.63) is 24.3 Å². The largest absolute Gasteiger partial charge is 0.314 e. The third-order valence-corrected chi connectivity index (χ3v) is 4.26. The lowest BCUT2D eigenvalue weighted by Crippen LogP contribution is -2.53. The monoisotopic (exact) mass is 209 g/mol. The Hall–Kier alpha value is -0.560. The van der Waals surface area contributed by atoms with Crippen molar-refractivity contribution in [1.29, 1.82) is 0 Å². The van der Waals surface area contributed by atoms with Gasteiger partial charge in [0.05, 0.1) is 0 Å². The third kappa shape index (κ3) is 2.52. The highest BCUT2D eigenvalue weighted by Gasteiger charge is 2.41.